The summed E-state index contributed by atoms with van der Waals surface area (Å²) >= 11 is 0. The minimum atomic E-state index is -3.20. The summed E-state index contributed by atoms with van der Waals surface area (Å²) in [6, 6.07) is 13.9. The predicted molar refractivity (Wildman–Crippen MR) is 105 cm³/mol. The number of ether oxygens (including phenoxy) is 1. The molecule has 7 heteroatoms. The van der Waals surface area contributed by atoms with Gasteiger partial charge in [0.05, 0.1) is 30.7 Å². The van der Waals surface area contributed by atoms with Crippen molar-refractivity contribution < 1.29 is 17.9 Å². The van der Waals surface area contributed by atoms with E-state index in [4.69, 9.17) is 4.74 Å². The number of sulfone groups is 1. The predicted octanol–water partition coefficient (Wildman–Crippen LogP) is 2.87. The Hall–Kier alpha value is -2.54. The molecule has 0 bridgehead atoms. The number of amides is 2. The highest BCUT2D eigenvalue weighted by molar-refractivity contribution is 7.91. The van der Waals surface area contributed by atoms with Crippen LogP contribution in [0.1, 0.15) is 12.5 Å². The lowest BCUT2D eigenvalue weighted by molar-refractivity contribution is 0.255. The molecule has 2 aromatic rings. The number of hydrogen-bond donors (Lipinski definition) is 0. The van der Waals surface area contributed by atoms with Crippen LogP contribution in [0.4, 0.5) is 16.2 Å². The molecular formula is C20H22N2O4S. The van der Waals surface area contributed by atoms with E-state index in [1.165, 1.54) is 0 Å². The molecule has 0 aromatic heterocycles. The Morgan fingerprint density at radius 2 is 1.63 bits per heavy atom. The Labute approximate surface area is 159 Å². The lowest BCUT2D eigenvalue weighted by Gasteiger charge is -2.24. The average Bonchev–Trinajstić information content (AvgIpc) is 3.10. The highest BCUT2D eigenvalue weighted by atomic mass is 32.2. The lowest BCUT2D eigenvalue weighted by atomic mass is 10.1. The third-order valence-corrected chi connectivity index (χ3v) is 7.05. The number of aryl methyl sites for hydroxylation is 1. The first kappa shape index (κ1) is 17.9. The molecule has 2 aliphatic heterocycles. The highest BCUT2D eigenvalue weighted by Gasteiger charge is 2.54. The van der Waals surface area contributed by atoms with Crippen molar-refractivity contribution in [3.05, 3.63) is 54.1 Å². The van der Waals surface area contributed by atoms with Gasteiger partial charge in [0.2, 0.25) is 0 Å². The van der Waals surface area contributed by atoms with Crippen LogP contribution in [0.5, 0.6) is 5.75 Å². The molecule has 2 saturated heterocycles. The maximum atomic E-state index is 13.4. The smallest absolute Gasteiger partial charge is 0.329 e. The van der Waals surface area contributed by atoms with E-state index < -0.39 is 9.84 Å². The molecule has 2 fully saturated rings. The maximum absolute atomic E-state index is 13.4. The molecule has 2 atom stereocenters. The SMILES string of the molecule is CCc1ccccc1N1C(=O)N(c2ccc(OC)cc2)[C@@H]2CS(=O)(=O)C[C@@H]21. The van der Waals surface area contributed by atoms with Gasteiger partial charge in [-0.1, -0.05) is 25.1 Å². The lowest BCUT2D eigenvalue weighted by Crippen LogP contribution is -2.38. The number of carbonyl (C=O) groups excluding carboxylic acids is 1. The summed E-state index contributed by atoms with van der Waals surface area (Å²) in [4.78, 5) is 16.7. The van der Waals surface area contributed by atoms with Crippen molar-refractivity contribution in [2.45, 2.75) is 25.4 Å². The zero-order chi connectivity index (χ0) is 19.2. The van der Waals surface area contributed by atoms with Gasteiger partial charge in [-0.15, -0.1) is 0 Å². The number of hydrogen-bond acceptors (Lipinski definition) is 4. The third-order valence-electron chi connectivity index (χ3n) is 5.35. The molecule has 0 saturated carbocycles. The quantitative estimate of drug-likeness (QED) is 0.758. The first-order valence-corrected chi connectivity index (χ1v) is 10.8. The van der Waals surface area contributed by atoms with E-state index in [1.807, 2.05) is 31.2 Å². The van der Waals surface area contributed by atoms with E-state index in [0.29, 0.717) is 11.4 Å². The van der Waals surface area contributed by atoms with Crippen LogP contribution < -0.4 is 14.5 Å². The van der Waals surface area contributed by atoms with E-state index in [1.54, 1.807) is 41.2 Å². The van der Waals surface area contributed by atoms with Gasteiger partial charge in [0, 0.05) is 11.4 Å². The van der Waals surface area contributed by atoms with Gasteiger partial charge in [0.25, 0.3) is 0 Å². The molecule has 0 aliphatic carbocycles. The number of fused-ring (bicyclic) bond motifs is 1. The zero-order valence-corrected chi connectivity index (χ0v) is 16.1. The average molecular weight is 386 g/mol. The van der Waals surface area contributed by atoms with Crippen LogP contribution in [0.3, 0.4) is 0 Å². The molecule has 4 rings (SSSR count). The number of nitrogens with zero attached hydrogens (tertiary/aromatic N) is 2. The summed E-state index contributed by atoms with van der Waals surface area (Å²) in [5, 5.41) is 0. The minimum absolute atomic E-state index is 0.00584. The van der Waals surface area contributed by atoms with Gasteiger partial charge in [-0.25, -0.2) is 13.2 Å². The normalized spacial score (nSPS) is 23.6. The minimum Gasteiger partial charge on any atom is -0.497 e. The number of urea groups is 1. The molecule has 0 radical (unpaired) electrons. The molecule has 27 heavy (non-hydrogen) atoms. The summed E-state index contributed by atoms with van der Waals surface area (Å²) in [7, 11) is -1.62. The van der Waals surface area contributed by atoms with E-state index in [2.05, 4.69) is 0 Å². The van der Waals surface area contributed by atoms with Crippen molar-refractivity contribution in [2.75, 3.05) is 28.4 Å². The molecule has 0 unspecified atom stereocenters. The number of carbonyl (C=O) groups is 1. The molecule has 2 heterocycles. The van der Waals surface area contributed by atoms with Gasteiger partial charge < -0.3 is 4.74 Å². The Morgan fingerprint density at radius 1 is 1.00 bits per heavy atom. The first-order valence-electron chi connectivity index (χ1n) is 9.00. The summed E-state index contributed by atoms with van der Waals surface area (Å²) < 4.78 is 29.9. The summed E-state index contributed by atoms with van der Waals surface area (Å²) in [6.45, 7) is 2.03. The Morgan fingerprint density at radius 3 is 2.26 bits per heavy atom. The van der Waals surface area contributed by atoms with Crippen molar-refractivity contribution in [1.29, 1.82) is 0 Å². The monoisotopic (exact) mass is 386 g/mol. The van der Waals surface area contributed by atoms with Crippen LogP contribution in [0.25, 0.3) is 0 Å². The fourth-order valence-corrected chi connectivity index (χ4v) is 5.99. The van der Waals surface area contributed by atoms with Crippen molar-refractivity contribution in [3.63, 3.8) is 0 Å². The Balaban J connectivity index is 1.80. The van der Waals surface area contributed by atoms with Crippen molar-refractivity contribution in [1.82, 2.24) is 0 Å². The number of anilines is 2. The second kappa shape index (κ2) is 6.56. The summed E-state index contributed by atoms with van der Waals surface area (Å²) in [5.74, 6) is 0.670. The molecule has 142 valence electrons. The van der Waals surface area contributed by atoms with E-state index in [9.17, 15) is 13.2 Å². The number of methoxy groups -OCH3 is 1. The fraction of sp³-hybridized carbons (Fsp3) is 0.350. The second-order valence-electron chi connectivity index (χ2n) is 6.91. The number of rotatable bonds is 4. The number of benzene rings is 2. The fourth-order valence-electron chi connectivity index (χ4n) is 4.07. The van der Waals surface area contributed by atoms with Crippen LogP contribution in [0.15, 0.2) is 48.5 Å². The third kappa shape index (κ3) is 2.96. The van der Waals surface area contributed by atoms with Crippen molar-refractivity contribution in [2.24, 2.45) is 0 Å². The molecule has 0 N–H and O–H groups in total. The van der Waals surface area contributed by atoms with E-state index in [0.717, 1.165) is 17.7 Å². The molecule has 0 spiro atoms. The van der Waals surface area contributed by atoms with Gasteiger partial charge in [0.1, 0.15) is 5.75 Å². The van der Waals surface area contributed by atoms with Crippen LogP contribution in [-0.4, -0.2) is 45.1 Å². The van der Waals surface area contributed by atoms with Crippen LogP contribution in [0, 0.1) is 0 Å². The van der Waals surface area contributed by atoms with Gasteiger partial charge in [-0.2, -0.15) is 0 Å². The highest BCUT2D eigenvalue weighted by Crippen LogP contribution is 2.39. The standard InChI is InChI=1S/C20H22N2O4S/c1-3-14-6-4-5-7-17(14)22-19-13-27(24,25)12-18(19)21(20(22)23)15-8-10-16(26-2)11-9-15/h4-11,18-19H,3,12-13H2,1-2H3/t18-,19+/m1/s1. The van der Waals surface area contributed by atoms with Crippen LogP contribution in [0.2, 0.25) is 0 Å². The zero-order valence-electron chi connectivity index (χ0n) is 15.3. The summed E-state index contributed by atoms with van der Waals surface area (Å²) in [6.07, 6.45) is 0.770. The van der Waals surface area contributed by atoms with Crippen molar-refractivity contribution in [3.8, 4) is 5.75 Å². The molecule has 2 aromatic carbocycles. The van der Waals surface area contributed by atoms with E-state index in [-0.39, 0.29) is 29.6 Å². The first-order chi connectivity index (χ1) is 12.9. The number of para-hydroxylation sites is 1. The largest absolute Gasteiger partial charge is 0.497 e. The second-order valence-corrected chi connectivity index (χ2v) is 9.07. The molecule has 2 aliphatic rings. The van der Waals surface area contributed by atoms with Gasteiger partial charge in [-0.05, 0) is 42.3 Å². The van der Waals surface area contributed by atoms with Crippen molar-refractivity contribution >= 4 is 27.2 Å². The summed E-state index contributed by atoms with van der Waals surface area (Å²) in [5.41, 5.74) is 2.52. The van der Waals surface area contributed by atoms with Gasteiger partial charge >= 0.3 is 6.03 Å². The maximum Gasteiger partial charge on any atom is 0.329 e. The van der Waals surface area contributed by atoms with Crippen LogP contribution >= 0.6 is 0 Å². The molecular weight excluding hydrogens is 364 g/mol. The Kier molecular flexibility index (Phi) is 4.34. The van der Waals surface area contributed by atoms with E-state index >= 15 is 0 Å². The van der Waals surface area contributed by atoms with Crippen LogP contribution in [-0.2, 0) is 16.3 Å². The molecule has 2 amide bonds. The van der Waals surface area contributed by atoms with Gasteiger partial charge in [-0.3, -0.25) is 9.80 Å². The Bertz CT molecular complexity index is 972. The van der Waals surface area contributed by atoms with Gasteiger partial charge in [0.15, 0.2) is 9.84 Å². The molecule has 6 nitrogen and oxygen atoms in total. The topological polar surface area (TPSA) is 66.9 Å².